The van der Waals surface area contributed by atoms with Gasteiger partial charge in [0.05, 0.1) is 6.61 Å². The van der Waals surface area contributed by atoms with Gasteiger partial charge in [0.25, 0.3) is 0 Å². The predicted molar refractivity (Wildman–Crippen MR) is 68.2 cm³/mol. The molecule has 1 aromatic rings. The van der Waals surface area contributed by atoms with Gasteiger partial charge in [-0.25, -0.2) is 0 Å². The van der Waals surface area contributed by atoms with E-state index in [9.17, 15) is 0 Å². The zero-order chi connectivity index (χ0) is 12.5. The largest absolute Gasteiger partial charge is 0.488 e. The Morgan fingerprint density at radius 3 is 3.00 bits per heavy atom. The lowest BCUT2D eigenvalue weighted by Gasteiger charge is -2.16. The third kappa shape index (κ3) is 5.15. The predicted octanol–water partition coefficient (Wildman–Crippen LogP) is 1.99. The molecular weight excluding hydrogens is 216 g/mol. The number of hydrogen-bond acceptors (Lipinski definition) is 4. The Morgan fingerprint density at radius 2 is 2.29 bits per heavy atom. The number of hydrogen-bond donors (Lipinski definition) is 1. The van der Waals surface area contributed by atoms with Crippen LogP contribution in [0.3, 0.4) is 0 Å². The summed E-state index contributed by atoms with van der Waals surface area (Å²) >= 11 is 0. The van der Waals surface area contributed by atoms with Crippen molar-refractivity contribution < 1.29 is 9.47 Å². The van der Waals surface area contributed by atoms with Gasteiger partial charge < -0.3 is 14.8 Å². The van der Waals surface area contributed by atoms with Crippen LogP contribution in [0.5, 0.6) is 5.75 Å². The molecule has 4 heteroatoms. The second-order valence-corrected chi connectivity index (χ2v) is 4.04. The number of pyridine rings is 1. The van der Waals surface area contributed by atoms with Crippen LogP contribution in [0, 0.1) is 0 Å². The van der Waals surface area contributed by atoms with Crippen LogP contribution in [-0.4, -0.2) is 31.3 Å². The fraction of sp³-hybridized carbons (Fsp3) is 0.615. The van der Waals surface area contributed by atoms with E-state index in [1.54, 1.807) is 13.3 Å². The summed E-state index contributed by atoms with van der Waals surface area (Å²) in [6, 6.07) is 1.90. The Morgan fingerprint density at radius 1 is 1.47 bits per heavy atom. The molecule has 0 saturated heterocycles. The van der Waals surface area contributed by atoms with Gasteiger partial charge in [-0.15, -0.1) is 0 Å². The van der Waals surface area contributed by atoms with Crippen molar-refractivity contribution >= 4 is 0 Å². The molecule has 96 valence electrons. The van der Waals surface area contributed by atoms with Crippen LogP contribution in [0.2, 0.25) is 0 Å². The lowest BCUT2D eigenvalue weighted by atomic mass is 10.2. The van der Waals surface area contributed by atoms with Crippen LogP contribution in [0.1, 0.15) is 25.8 Å². The van der Waals surface area contributed by atoms with Gasteiger partial charge in [-0.3, -0.25) is 4.98 Å². The molecule has 0 saturated carbocycles. The highest BCUT2D eigenvalue weighted by molar-refractivity contribution is 5.30. The highest BCUT2D eigenvalue weighted by Gasteiger charge is 2.07. The van der Waals surface area contributed by atoms with E-state index in [1.165, 1.54) is 0 Å². The van der Waals surface area contributed by atoms with Crippen LogP contribution in [0.25, 0.3) is 0 Å². The quantitative estimate of drug-likeness (QED) is 0.703. The number of methoxy groups -OCH3 is 1. The number of nitrogens with zero attached hydrogens (tertiary/aromatic N) is 1. The van der Waals surface area contributed by atoms with Gasteiger partial charge in [0.1, 0.15) is 11.9 Å². The second-order valence-electron chi connectivity index (χ2n) is 4.04. The Hall–Kier alpha value is -1.13. The molecule has 0 bridgehead atoms. The third-order valence-corrected chi connectivity index (χ3v) is 2.33. The first kappa shape index (κ1) is 13.9. The van der Waals surface area contributed by atoms with Crippen LogP contribution >= 0.6 is 0 Å². The normalized spacial score (nSPS) is 12.4. The molecule has 0 spiro atoms. The lowest BCUT2D eigenvalue weighted by Crippen LogP contribution is -2.20. The number of aromatic nitrogens is 1. The van der Waals surface area contributed by atoms with Gasteiger partial charge in [0, 0.05) is 31.6 Å². The van der Waals surface area contributed by atoms with Crippen molar-refractivity contribution in [3.05, 3.63) is 24.0 Å². The van der Waals surface area contributed by atoms with E-state index in [-0.39, 0.29) is 6.10 Å². The van der Waals surface area contributed by atoms with E-state index in [0.29, 0.717) is 6.61 Å². The molecule has 1 heterocycles. The second kappa shape index (κ2) is 8.03. The van der Waals surface area contributed by atoms with Crippen molar-refractivity contribution in [2.24, 2.45) is 0 Å². The lowest BCUT2D eigenvalue weighted by molar-refractivity contribution is 0.0912. The average molecular weight is 238 g/mol. The summed E-state index contributed by atoms with van der Waals surface area (Å²) in [5, 5.41) is 3.35. The minimum Gasteiger partial charge on any atom is -0.488 e. The van der Waals surface area contributed by atoms with E-state index in [1.807, 2.05) is 19.2 Å². The molecule has 1 unspecified atom stereocenters. The Kier molecular flexibility index (Phi) is 6.58. The van der Waals surface area contributed by atoms with Crippen molar-refractivity contribution in [2.45, 2.75) is 32.9 Å². The number of nitrogens with one attached hydrogen (secondary N) is 1. The average Bonchev–Trinajstić information content (AvgIpc) is 2.32. The summed E-state index contributed by atoms with van der Waals surface area (Å²) < 4.78 is 10.9. The highest BCUT2D eigenvalue weighted by atomic mass is 16.5. The molecule has 1 aromatic heterocycles. The van der Waals surface area contributed by atoms with Gasteiger partial charge in [-0.1, -0.05) is 6.92 Å². The maximum atomic E-state index is 5.81. The zero-order valence-electron chi connectivity index (χ0n) is 10.9. The molecule has 0 radical (unpaired) electrons. The van der Waals surface area contributed by atoms with Crippen LogP contribution in [-0.2, 0) is 11.3 Å². The van der Waals surface area contributed by atoms with Crippen molar-refractivity contribution in [1.29, 1.82) is 0 Å². The van der Waals surface area contributed by atoms with Gasteiger partial charge in [0.2, 0.25) is 0 Å². The van der Waals surface area contributed by atoms with Gasteiger partial charge in [-0.2, -0.15) is 0 Å². The first-order valence-corrected chi connectivity index (χ1v) is 6.07. The summed E-state index contributed by atoms with van der Waals surface area (Å²) in [7, 11) is 1.68. The molecular formula is C13H22N2O2. The Balaban J connectivity index is 2.57. The smallest absolute Gasteiger partial charge is 0.127 e. The summed E-state index contributed by atoms with van der Waals surface area (Å²) in [6.45, 7) is 6.52. The Labute approximate surface area is 103 Å². The fourth-order valence-electron chi connectivity index (χ4n) is 1.55. The van der Waals surface area contributed by atoms with E-state index in [2.05, 4.69) is 17.2 Å². The summed E-state index contributed by atoms with van der Waals surface area (Å²) in [5.74, 6) is 0.883. The maximum Gasteiger partial charge on any atom is 0.127 e. The molecule has 1 atom stereocenters. The maximum absolute atomic E-state index is 5.81. The molecule has 4 nitrogen and oxygen atoms in total. The summed E-state index contributed by atoms with van der Waals surface area (Å²) in [6.07, 6.45) is 4.76. The molecule has 0 aliphatic rings. The standard InChI is InChI=1S/C13H22N2O2/c1-4-6-14-8-12-9-15-7-5-13(12)17-11(2)10-16-3/h5,7,9,11,14H,4,6,8,10H2,1-3H3. The summed E-state index contributed by atoms with van der Waals surface area (Å²) in [5.41, 5.74) is 1.09. The first-order chi connectivity index (χ1) is 8.27. The van der Waals surface area contributed by atoms with E-state index in [4.69, 9.17) is 9.47 Å². The SMILES string of the molecule is CCCNCc1cnccc1OC(C)COC. The molecule has 17 heavy (non-hydrogen) atoms. The summed E-state index contributed by atoms with van der Waals surface area (Å²) in [4.78, 5) is 4.13. The van der Waals surface area contributed by atoms with Gasteiger partial charge in [-0.05, 0) is 26.0 Å². The van der Waals surface area contributed by atoms with Gasteiger partial charge in [0.15, 0.2) is 0 Å². The molecule has 0 aliphatic heterocycles. The van der Waals surface area contributed by atoms with E-state index in [0.717, 1.165) is 30.8 Å². The van der Waals surface area contributed by atoms with Gasteiger partial charge >= 0.3 is 0 Å². The minimum absolute atomic E-state index is 0.0484. The topological polar surface area (TPSA) is 43.4 Å². The zero-order valence-corrected chi connectivity index (χ0v) is 10.9. The molecule has 1 rings (SSSR count). The first-order valence-electron chi connectivity index (χ1n) is 6.07. The van der Waals surface area contributed by atoms with Crippen molar-refractivity contribution in [1.82, 2.24) is 10.3 Å². The van der Waals surface area contributed by atoms with Crippen LogP contribution < -0.4 is 10.1 Å². The third-order valence-electron chi connectivity index (χ3n) is 2.33. The number of ether oxygens (including phenoxy) is 2. The molecule has 0 aliphatic carbocycles. The van der Waals surface area contributed by atoms with Crippen molar-refractivity contribution in [3.63, 3.8) is 0 Å². The monoisotopic (exact) mass is 238 g/mol. The highest BCUT2D eigenvalue weighted by Crippen LogP contribution is 2.17. The molecule has 1 N–H and O–H groups in total. The van der Waals surface area contributed by atoms with Crippen LogP contribution in [0.4, 0.5) is 0 Å². The molecule has 0 fully saturated rings. The Bertz CT molecular complexity index is 318. The van der Waals surface area contributed by atoms with Crippen molar-refractivity contribution in [2.75, 3.05) is 20.3 Å². The van der Waals surface area contributed by atoms with Crippen LogP contribution in [0.15, 0.2) is 18.5 Å². The molecule has 0 aromatic carbocycles. The van der Waals surface area contributed by atoms with E-state index < -0.39 is 0 Å². The number of rotatable bonds is 8. The van der Waals surface area contributed by atoms with E-state index >= 15 is 0 Å². The molecule has 0 amide bonds. The minimum atomic E-state index is 0.0484. The fourth-order valence-corrected chi connectivity index (χ4v) is 1.55. The van der Waals surface area contributed by atoms with Crippen molar-refractivity contribution in [3.8, 4) is 5.75 Å².